The second kappa shape index (κ2) is 8.82. The molecule has 32 heavy (non-hydrogen) atoms. The fraction of sp³-hybridized carbons (Fsp3) is 0.308. The SMILES string of the molecule is OC(CCN1CCC(O)(c2cnc3ccccc3c2)CC1)Oc1ccc2ncccc2c1. The van der Waals surface area contributed by atoms with Gasteiger partial charge in [-0.05, 0) is 49.2 Å². The lowest BCUT2D eigenvalue weighted by Gasteiger charge is -2.38. The molecule has 1 fully saturated rings. The van der Waals surface area contributed by atoms with Crippen LogP contribution in [0.3, 0.4) is 0 Å². The number of ether oxygens (including phenoxy) is 1. The van der Waals surface area contributed by atoms with E-state index < -0.39 is 11.9 Å². The van der Waals surface area contributed by atoms with Crippen LogP contribution in [0.5, 0.6) is 5.75 Å². The van der Waals surface area contributed by atoms with Gasteiger partial charge in [0.15, 0.2) is 6.29 Å². The molecule has 1 atom stereocenters. The van der Waals surface area contributed by atoms with Crippen molar-refractivity contribution < 1.29 is 14.9 Å². The Bertz CT molecular complexity index is 1220. The third-order valence-corrected chi connectivity index (χ3v) is 6.35. The molecule has 0 aliphatic carbocycles. The van der Waals surface area contributed by atoms with E-state index in [-0.39, 0.29) is 0 Å². The molecule has 1 aliphatic rings. The number of hydrogen-bond donors (Lipinski definition) is 2. The lowest BCUT2D eigenvalue weighted by Crippen LogP contribution is -2.43. The second-order valence-electron chi connectivity index (χ2n) is 8.51. The molecule has 5 rings (SSSR count). The minimum absolute atomic E-state index is 0.501. The van der Waals surface area contributed by atoms with Crippen molar-refractivity contribution in [2.24, 2.45) is 0 Å². The van der Waals surface area contributed by atoms with Crippen molar-refractivity contribution in [3.63, 3.8) is 0 Å². The molecule has 2 aromatic heterocycles. The predicted molar refractivity (Wildman–Crippen MR) is 124 cm³/mol. The number of aliphatic hydroxyl groups is 2. The summed E-state index contributed by atoms with van der Waals surface area (Å²) < 4.78 is 5.71. The number of pyridine rings is 2. The van der Waals surface area contributed by atoms with Crippen LogP contribution in [0.2, 0.25) is 0 Å². The number of benzene rings is 2. The number of rotatable bonds is 6. The summed E-state index contributed by atoms with van der Waals surface area (Å²) in [6, 6.07) is 19.5. The van der Waals surface area contributed by atoms with Crippen molar-refractivity contribution in [3.8, 4) is 5.75 Å². The number of likely N-dealkylation sites (tertiary alicyclic amines) is 1. The van der Waals surface area contributed by atoms with Gasteiger partial charge in [-0.3, -0.25) is 9.97 Å². The number of nitrogens with zero attached hydrogens (tertiary/aromatic N) is 3. The summed E-state index contributed by atoms with van der Waals surface area (Å²) in [5.41, 5.74) is 1.86. The highest BCUT2D eigenvalue weighted by atomic mass is 16.6. The zero-order valence-electron chi connectivity index (χ0n) is 17.9. The van der Waals surface area contributed by atoms with E-state index in [0.29, 0.717) is 31.6 Å². The summed E-state index contributed by atoms with van der Waals surface area (Å²) in [4.78, 5) is 11.1. The van der Waals surface area contributed by atoms with Crippen molar-refractivity contribution in [3.05, 3.63) is 78.6 Å². The standard InChI is InChI=1S/C26H27N3O3/c30-25(32-22-7-8-24-20(17-22)5-3-12-27-24)9-13-29-14-10-26(31,11-15-29)21-16-19-4-1-2-6-23(19)28-18-21/h1-8,12,16-18,25,30-31H,9-11,13-15H2. The van der Waals surface area contributed by atoms with Crippen LogP contribution in [0.25, 0.3) is 21.8 Å². The minimum atomic E-state index is -0.880. The highest BCUT2D eigenvalue weighted by Crippen LogP contribution is 2.33. The van der Waals surface area contributed by atoms with Crippen molar-refractivity contribution in [2.45, 2.75) is 31.2 Å². The first-order chi connectivity index (χ1) is 15.6. The Hall–Kier alpha value is -3.06. The van der Waals surface area contributed by atoms with Gasteiger partial charge in [0, 0.05) is 54.8 Å². The van der Waals surface area contributed by atoms with E-state index in [4.69, 9.17) is 4.74 Å². The Labute approximate surface area is 187 Å². The van der Waals surface area contributed by atoms with Crippen LogP contribution < -0.4 is 4.74 Å². The van der Waals surface area contributed by atoms with Gasteiger partial charge >= 0.3 is 0 Å². The van der Waals surface area contributed by atoms with Gasteiger partial charge in [-0.25, -0.2) is 0 Å². The first kappa shape index (κ1) is 20.8. The fourth-order valence-corrected chi connectivity index (χ4v) is 4.40. The molecule has 1 aliphatic heterocycles. The first-order valence-electron chi connectivity index (χ1n) is 11.1. The summed E-state index contributed by atoms with van der Waals surface area (Å²) in [5.74, 6) is 0.634. The van der Waals surface area contributed by atoms with Gasteiger partial charge < -0.3 is 19.8 Å². The number of para-hydroxylation sites is 1. The summed E-state index contributed by atoms with van der Waals surface area (Å²) in [7, 11) is 0. The molecular formula is C26H27N3O3. The van der Waals surface area contributed by atoms with Crippen LogP contribution >= 0.6 is 0 Å². The average molecular weight is 430 g/mol. The topological polar surface area (TPSA) is 78.7 Å². The molecule has 0 radical (unpaired) electrons. The van der Waals surface area contributed by atoms with Crippen LogP contribution in [-0.4, -0.2) is 51.0 Å². The number of fused-ring (bicyclic) bond motifs is 2. The van der Waals surface area contributed by atoms with E-state index in [0.717, 1.165) is 40.5 Å². The molecule has 0 bridgehead atoms. The Kier molecular flexibility index (Phi) is 5.74. The normalized spacial score (nSPS) is 17.4. The van der Waals surface area contributed by atoms with E-state index in [1.54, 1.807) is 12.4 Å². The molecule has 0 saturated carbocycles. The minimum Gasteiger partial charge on any atom is -0.465 e. The third kappa shape index (κ3) is 4.43. The molecule has 6 nitrogen and oxygen atoms in total. The number of aromatic nitrogens is 2. The predicted octanol–water partition coefficient (Wildman–Crippen LogP) is 3.85. The van der Waals surface area contributed by atoms with Crippen LogP contribution in [0.1, 0.15) is 24.8 Å². The molecule has 0 spiro atoms. The van der Waals surface area contributed by atoms with Gasteiger partial charge in [0.25, 0.3) is 0 Å². The molecule has 2 N–H and O–H groups in total. The van der Waals surface area contributed by atoms with E-state index in [1.807, 2.05) is 54.6 Å². The molecule has 6 heteroatoms. The number of hydrogen-bond acceptors (Lipinski definition) is 6. The maximum absolute atomic E-state index is 11.2. The van der Waals surface area contributed by atoms with E-state index in [1.165, 1.54) is 0 Å². The van der Waals surface area contributed by atoms with Crippen LogP contribution in [-0.2, 0) is 5.60 Å². The van der Waals surface area contributed by atoms with Gasteiger partial charge in [-0.1, -0.05) is 24.3 Å². The maximum atomic E-state index is 11.2. The van der Waals surface area contributed by atoms with Crippen molar-refractivity contribution >= 4 is 21.8 Å². The highest BCUT2D eigenvalue weighted by molar-refractivity contribution is 5.80. The van der Waals surface area contributed by atoms with E-state index in [9.17, 15) is 10.2 Å². The summed E-state index contributed by atoms with van der Waals surface area (Å²) >= 11 is 0. The zero-order chi connectivity index (χ0) is 22.0. The Morgan fingerprint density at radius 1 is 0.938 bits per heavy atom. The quantitative estimate of drug-likeness (QED) is 0.453. The van der Waals surface area contributed by atoms with E-state index in [2.05, 4.69) is 20.9 Å². The zero-order valence-corrected chi connectivity index (χ0v) is 17.9. The lowest BCUT2D eigenvalue weighted by molar-refractivity contribution is -0.0476. The Morgan fingerprint density at radius 3 is 2.56 bits per heavy atom. The molecule has 3 heterocycles. The first-order valence-corrected chi connectivity index (χ1v) is 11.1. The third-order valence-electron chi connectivity index (χ3n) is 6.35. The summed E-state index contributed by atoms with van der Waals surface area (Å²) in [5, 5.41) is 23.6. The molecule has 2 aromatic carbocycles. The monoisotopic (exact) mass is 429 g/mol. The lowest BCUT2D eigenvalue weighted by atomic mass is 9.85. The largest absolute Gasteiger partial charge is 0.465 e. The fourth-order valence-electron chi connectivity index (χ4n) is 4.40. The maximum Gasteiger partial charge on any atom is 0.198 e. The number of piperidine rings is 1. The molecule has 164 valence electrons. The second-order valence-corrected chi connectivity index (χ2v) is 8.51. The summed E-state index contributed by atoms with van der Waals surface area (Å²) in [6.45, 7) is 2.23. The van der Waals surface area contributed by atoms with Gasteiger partial charge in [0.1, 0.15) is 5.75 Å². The van der Waals surface area contributed by atoms with Crippen LogP contribution in [0.15, 0.2) is 73.1 Å². The Morgan fingerprint density at radius 2 is 1.69 bits per heavy atom. The molecule has 4 aromatic rings. The van der Waals surface area contributed by atoms with Gasteiger partial charge in [-0.2, -0.15) is 0 Å². The van der Waals surface area contributed by atoms with E-state index >= 15 is 0 Å². The van der Waals surface area contributed by atoms with Gasteiger partial charge in [0.05, 0.1) is 16.6 Å². The smallest absolute Gasteiger partial charge is 0.198 e. The van der Waals surface area contributed by atoms with Crippen LogP contribution in [0, 0.1) is 0 Å². The number of aliphatic hydroxyl groups excluding tert-OH is 1. The van der Waals surface area contributed by atoms with Crippen molar-refractivity contribution in [1.82, 2.24) is 14.9 Å². The molecular weight excluding hydrogens is 402 g/mol. The molecule has 1 saturated heterocycles. The average Bonchev–Trinajstić information content (AvgIpc) is 2.83. The van der Waals surface area contributed by atoms with Crippen molar-refractivity contribution in [1.29, 1.82) is 0 Å². The van der Waals surface area contributed by atoms with Crippen LogP contribution in [0.4, 0.5) is 0 Å². The van der Waals surface area contributed by atoms with Crippen molar-refractivity contribution in [2.75, 3.05) is 19.6 Å². The van der Waals surface area contributed by atoms with Gasteiger partial charge in [0.2, 0.25) is 0 Å². The summed E-state index contributed by atoms with van der Waals surface area (Å²) in [6.07, 6.45) is 4.46. The molecule has 0 amide bonds. The highest BCUT2D eigenvalue weighted by Gasteiger charge is 2.34. The Balaban J connectivity index is 1.14. The molecule has 1 unspecified atom stereocenters. The van der Waals surface area contributed by atoms with Gasteiger partial charge in [-0.15, -0.1) is 0 Å².